The zero-order valence-electron chi connectivity index (χ0n) is 18.0. The van der Waals surface area contributed by atoms with Gasteiger partial charge in [-0.2, -0.15) is 0 Å². The summed E-state index contributed by atoms with van der Waals surface area (Å²) < 4.78 is 19.3. The molecule has 1 aliphatic heterocycles. The van der Waals surface area contributed by atoms with E-state index in [0.717, 1.165) is 39.2 Å². The highest BCUT2D eigenvalue weighted by Crippen LogP contribution is 2.49. The quantitative estimate of drug-likeness (QED) is 0.400. The molecular formula is C27H21N3O3. The third kappa shape index (κ3) is 3.10. The minimum Gasteiger partial charge on any atom is -0.496 e. The molecule has 0 spiro atoms. The summed E-state index contributed by atoms with van der Waals surface area (Å²) in [6.45, 7) is 0.410. The van der Waals surface area contributed by atoms with E-state index >= 15 is 0 Å². The molecule has 0 saturated heterocycles. The Kier molecular flexibility index (Phi) is 4.50. The normalized spacial score (nSPS) is 14.4. The van der Waals surface area contributed by atoms with Gasteiger partial charge in [-0.15, -0.1) is 0 Å². The van der Waals surface area contributed by atoms with Crippen molar-refractivity contribution in [1.29, 1.82) is 5.41 Å². The number of ether oxygens (including phenoxy) is 2. The van der Waals surface area contributed by atoms with Gasteiger partial charge in [0.1, 0.15) is 29.1 Å². The van der Waals surface area contributed by atoms with Crippen molar-refractivity contribution in [1.82, 2.24) is 9.55 Å². The largest absolute Gasteiger partial charge is 0.496 e. The molecule has 1 aliphatic rings. The maximum atomic E-state index is 9.14. The van der Waals surface area contributed by atoms with Crippen LogP contribution in [0.4, 0.5) is 0 Å². The van der Waals surface area contributed by atoms with Gasteiger partial charge in [-0.1, -0.05) is 48.5 Å². The number of rotatable bonds is 4. The van der Waals surface area contributed by atoms with Crippen molar-refractivity contribution in [3.63, 3.8) is 0 Å². The number of hydrogen-bond acceptors (Lipinski definition) is 5. The lowest BCUT2D eigenvalue weighted by atomic mass is 9.81. The van der Waals surface area contributed by atoms with Gasteiger partial charge in [0, 0.05) is 11.1 Å². The second kappa shape index (κ2) is 7.67. The molecule has 6 nitrogen and oxygen atoms in total. The Morgan fingerprint density at radius 2 is 1.82 bits per heavy atom. The lowest BCUT2D eigenvalue weighted by Crippen LogP contribution is -2.30. The summed E-state index contributed by atoms with van der Waals surface area (Å²) in [6.07, 6.45) is 3.27. The highest BCUT2D eigenvalue weighted by molar-refractivity contribution is 5.90. The first-order chi connectivity index (χ1) is 16.2. The molecule has 5 aromatic rings. The van der Waals surface area contributed by atoms with Crippen LogP contribution < -0.4 is 15.0 Å². The van der Waals surface area contributed by atoms with Gasteiger partial charge in [-0.3, -0.25) is 5.41 Å². The summed E-state index contributed by atoms with van der Waals surface area (Å²) in [6, 6.07) is 24.0. The van der Waals surface area contributed by atoms with Crippen molar-refractivity contribution < 1.29 is 13.9 Å². The van der Waals surface area contributed by atoms with E-state index in [4.69, 9.17) is 19.3 Å². The summed E-state index contributed by atoms with van der Waals surface area (Å²) >= 11 is 0. The van der Waals surface area contributed by atoms with Crippen molar-refractivity contribution in [3.05, 3.63) is 113 Å². The Hall–Kier alpha value is -4.32. The van der Waals surface area contributed by atoms with Crippen LogP contribution in [0.1, 0.15) is 28.4 Å². The topological polar surface area (TPSA) is 73.3 Å². The van der Waals surface area contributed by atoms with E-state index in [-0.39, 0.29) is 5.92 Å². The number of nitrogens with one attached hydrogen (secondary N) is 1. The second-order valence-electron chi connectivity index (χ2n) is 7.99. The Balaban J connectivity index is 1.65. The van der Waals surface area contributed by atoms with Crippen LogP contribution in [0.15, 0.2) is 89.8 Å². The Morgan fingerprint density at radius 1 is 0.970 bits per heavy atom. The van der Waals surface area contributed by atoms with Gasteiger partial charge in [0.05, 0.1) is 31.4 Å². The number of methoxy groups -OCH3 is 1. The molecular weight excluding hydrogens is 414 g/mol. The molecule has 0 unspecified atom stereocenters. The molecule has 0 saturated carbocycles. The minimum atomic E-state index is -0.282. The van der Waals surface area contributed by atoms with E-state index in [1.54, 1.807) is 24.3 Å². The Labute approximate surface area is 190 Å². The Bertz CT molecular complexity index is 1540. The number of hydrogen-bond donors (Lipinski definition) is 1. The van der Waals surface area contributed by atoms with Gasteiger partial charge in [-0.05, 0) is 35.0 Å². The summed E-state index contributed by atoms with van der Waals surface area (Å²) in [4.78, 5) is 4.61. The third-order valence-corrected chi connectivity index (χ3v) is 6.16. The zero-order valence-corrected chi connectivity index (χ0v) is 18.0. The van der Waals surface area contributed by atoms with E-state index in [9.17, 15) is 0 Å². The molecule has 0 amide bonds. The Morgan fingerprint density at radius 3 is 2.67 bits per heavy atom. The standard InChI is InChI=1S/C27H21N3O3/c1-31-21-11-5-4-10-20(21)24-23-19-9-3-2-7-17(19)12-13-22(23)33-27-25(24)26(28)30(16-29-27)15-18-8-6-14-32-18/h2-14,16,24,28H,15H2,1H3/t24-/m0/s1. The van der Waals surface area contributed by atoms with E-state index < -0.39 is 0 Å². The van der Waals surface area contributed by atoms with Crippen LogP contribution in [0.5, 0.6) is 17.4 Å². The molecule has 3 heterocycles. The predicted molar refractivity (Wildman–Crippen MR) is 124 cm³/mol. The van der Waals surface area contributed by atoms with Crippen LogP contribution in [-0.2, 0) is 6.54 Å². The average Bonchev–Trinajstić information content (AvgIpc) is 3.37. The minimum absolute atomic E-state index is 0.282. The first kappa shape index (κ1) is 19.4. The molecule has 1 N–H and O–H groups in total. The first-order valence-corrected chi connectivity index (χ1v) is 10.7. The fourth-order valence-corrected chi connectivity index (χ4v) is 4.66. The molecule has 162 valence electrons. The van der Waals surface area contributed by atoms with Gasteiger partial charge in [0.25, 0.3) is 0 Å². The number of benzene rings is 3. The second-order valence-corrected chi connectivity index (χ2v) is 7.99. The third-order valence-electron chi connectivity index (χ3n) is 6.16. The molecule has 0 aliphatic carbocycles. The lowest BCUT2D eigenvalue weighted by molar-refractivity contribution is 0.400. The van der Waals surface area contributed by atoms with Crippen molar-refractivity contribution in [2.75, 3.05) is 7.11 Å². The molecule has 6 heteroatoms. The SMILES string of the molecule is COc1ccccc1[C@@H]1c2c(ncn(Cc3ccco3)c2=N)Oc2ccc3ccccc3c21. The number of nitrogens with zero attached hydrogens (tertiary/aromatic N) is 2. The summed E-state index contributed by atoms with van der Waals surface area (Å²) in [5.41, 5.74) is 3.01. The average molecular weight is 435 g/mol. The molecule has 2 aromatic heterocycles. The smallest absolute Gasteiger partial charge is 0.228 e. The first-order valence-electron chi connectivity index (χ1n) is 10.7. The van der Waals surface area contributed by atoms with Gasteiger partial charge in [0.2, 0.25) is 5.88 Å². The van der Waals surface area contributed by atoms with Crippen molar-refractivity contribution in [3.8, 4) is 17.4 Å². The highest BCUT2D eigenvalue weighted by atomic mass is 16.5. The lowest BCUT2D eigenvalue weighted by Gasteiger charge is -2.30. The van der Waals surface area contributed by atoms with Crippen molar-refractivity contribution in [2.24, 2.45) is 0 Å². The summed E-state index contributed by atoms with van der Waals surface area (Å²) in [5, 5.41) is 11.3. The molecule has 3 aromatic carbocycles. The molecule has 0 fully saturated rings. The van der Waals surface area contributed by atoms with Crippen LogP contribution in [-0.4, -0.2) is 16.7 Å². The van der Waals surface area contributed by atoms with Crippen molar-refractivity contribution in [2.45, 2.75) is 12.5 Å². The van der Waals surface area contributed by atoms with Crippen LogP contribution in [0.3, 0.4) is 0 Å². The van der Waals surface area contributed by atoms with Crippen LogP contribution >= 0.6 is 0 Å². The van der Waals surface area contributed by atoms with Crippen molar-refractivity contribution >= 4 is 10.8 Å². The molecule has 33 heavy (non-hydrogen) atoms. The van der Waals surface area contributed by atoms with Gasteiger partial charge >= 0.3 is 0 Å². The highest BCUT2D eigenvalue weighted by Gasteiger charge is 2.35. The van der Waals surface area contributed by atoms with Crippen LogP contribution in [0.25, 0.3) is 10.8 Å². The molecule has 1 atom stereocenters. The fraction of sp³-hybridized carbons (Fsp3) is 0.111. The van der Waals surface area contributed by atoms with Gasteiger partial charge in [0.15, 0.2) is 0 Å². The maximum absolute atomic E-state index is 9.14. The molecule has 6 rings (SSSR count). The van der Waals surface area contributed by atoms with Gasteiger partial charge < -0.3 is 18.5 Å². The van der Waals surface area contributed by atoms with E-state index in [1.807, 2.05) is 54.6 Å². The van der Waals surface area contributed by atoms with Crippen LogP contribution in [0.2, 0.25) is 0 Å². The predicted octanol–water partition coefficient (Wildman–Crippen LogP) is 5.45. The molecule has 0 bridgehead atoms. The van der Waals surface area contributed by atoms with Gasteiger partial charge in [-0.25, -0.2) is 4.98 Å². The van der Waals surface area contributed by atoms with E-state index in [0.29, 0.717) is 23.5 Å². The number of aromatic nitrogens is 2. The zero-order chi connectivity index (χ0) is 22.4. The number of para-hydroxylation sites is 1. The monoisotopic (exact) mass is 435 g/mol. The number of fused-ring (bicyclic) bond motifs is 4. The maximum Gasteiger partial charge on any atom is 0.228 e. The van der Waals surface area contributed by atoms with Crippen LogP contribution in [0, 0.1) is 5.41 Å². The number of furan rings is 1. The molecule has 0 radical (unpaired) electrons. The van der Waals surface area contributed by atoms with E-state index in [2.05, 4.69) is 23.2 Å². The fourth-order valence-electron chi connectivity index (χ4n) is 4.66. The summed E-state index contributed by atoms with van der Waals surface area (Å²) in [5.74, 6) is 2.42. The van der Waals surface area contributed by atoms with E-state index in [1.165, 1.54) is 0 Å². The summed E-state index contributed by atoms with van der Waals surface area (Å²) in [7, 11) is 1.67.